The smallest absolute Gasteiger partial charge is 0.0827 e. The van der Waals surface area contributed by atoms with Crippen molar-refractivity contribution in [3.63, 3.8) is 0 Å². The minimum Gasteiger partial charge on any atom is -0.216 e. The summed E-state index contributed by atoms with van der Waals surface area (Å²) < 4.78 is 12.0. The van der Waals surface area contributed by atoms with Gasteiger partial charge >= 0.3 is 0 Å². The molecule has 0 bridgehead atoms. The van der Waals surface area contributed by atoms with E-state index in [1.54, 1.807) is 6.08 Å². The number of rotatable bonds is 6. The summed E-state index contributed by atoms with van der Waals surface area (Å²) in [5.74, 6) is 1.42. The van der Waals surface area contributed by atoms with E-state index < -0.39 is 0 Å². The minimum atomic E-state index is 0.696. The molecule has 1 aromatic carbocycles. The molecular weight excluding hydrogens is 247 g/mol. The summed E-state index contributed by atoms with van der Waals surface area (Å²) in [4.78, 5) is 0. The van der Waals surface area contributed by atoms with Crippen LogP contribution in [0.1, 0.15) is 68.9 Å². The molecule has 110 valence electrons. The van der Waals surface area contributed by atoms with Crippen molar-refractivity contribution >= 4 is 0 Å². The molecule has 0 nitrogen and oxygen atoms in total. The second-order valence-corrected chi connectivity index (χ2v) is 6.16. The van der Waals surface area contributed by atoms with Crippen LogP contribution in [0.2, 0.25) is 0 Å². The van der Waals surface area contributed by atoms with E-state index >= 15 is 0 Å². The van der Waals surface area contributed by atoms with Crippen LogP contribution in [0.4, 0.5) is 4.39 Å². The fourth-order valence-corrected chi connectivity index (χ4v) is 3.31. The summed E-state index contributed by atoms with van der Waals surface area (Å²) in [5.41, 5.74) is 2.97. The summed E-state index contributed by atoms with van der Waals surface area (Å²) in [5, 5.41) is 0. The molecule has 0 heterocycles. The highest BCUT2D eigenvalue weighted by Crippen LogP contribution is 2.37. The molecule has 1 aliphatic carbocycles. The number of hydrogen-bond donors (Lipinski definition) is 0. The predicted octanol–water partition coefficient (Wildman–Crippen LogP) is 6.18. The van der Waals surface area contributed by atoms with Crippen LogP contribution in [0, 0.1) is 5.92 Å². The SMILES string of the molecule is CCCCc1ccc([C@H]2CC[C@H](CC=CF)CC2)cc1. The van der Waals surface area contributed by atoms with Gasteiger partial charge in [-0.25, -0.2) is 4.39 Å². The Bertz CT molecular complexity index is 396. The van der Waals surface area contributed by atoms with E-state index in [4.69, 9.17) is 0 Å². The second-order valence-electron chi connectivity index (χ2n) is 6.16. The number of hydrogen-bond acceptors (Lipinski definition) is 0. The second kappa shape index (κ2) is 8.24. The van der Waals surface area contributed by atoms with E-state index in [0.29, 0.717) is 12.2 Å². The van der Waals surface area contributed by atoms with Crippen molar-refractivity contribution in [1.82, 2.24) is 0 Å². The van der Waals surface area contributed by atoms with Crippen molar-refractivity contribution in [2.75, 3.05) is 0 Å². The fourth-order valence-electron chi connectivity index (χ4n) is 3.31. The molecule has 0 unspecified atom stereocenters. The lowest BCUT2D eigenvalue weighted by molar-refractivity contribution is 0.327. The van der Waals surface area contributed by atoms with Crippen LogP contribution in [0.5, 0.6) is 0 Å². The number of aryl methyl sites for hydroxylation is 1. The van der Waals surface area contributed by atoms with E-state index in [1.165, 1.54) is 56.1 Å². The zero-order valence-electron chi connectivity index (χ0n) is 12.7. The molecule has 1 saturated carbocycles. The molecule has 0 aliphatic heterocycles. The van der Waals surface area contributed by atoms with Gasteiger partial charge in [-0.1, -0.05) is 43.7 Å². The number of unbranched alkanes of at least 4 members (excludes halogenated alkanes) is 1. The van der Waals surface area contributed by atoms with E-state index in [-0.39, 0.29) is 0 Å². The Hall–Kier alpha value is -1.11. The van der Waals surface area contributed by atoms with Gasteiger partial charge in [0, 0.05) is 0 Å². The molecule has 0 radical (unpaired) electrons. The molecular formula is C19H27F. The van der Waals surface area contributed by atoms with Crippen LogP contribution < -0.4 is 0 Å². The van der Waals surface area contributed by atoms with Crippen molar-refractivity contribution in [1.29, 1.82) is 0 Å². The highest BCUT2D eigenvalue weighted by atomic mass is 19.1. The summed E-state index contributed by atoms with van der Waals surface area (Å²) >= 11 is 0. The number of allylic oxidation sites excluding steroid dienone is 1. The van der Waals surface area contributed by atoms with Gasteiger partial charge in [0.1, 0.15) is 0 Å². The van der Waals surface area contributed by atoms with Gasteiger partial charge in [-0.2, -0.15) is 0 Å². The molecule has 1 heteroatoms. The van der Waals surface area contributed by atoms with Crippen molar-refractivity contribution in [2.45, 2.75) is 64.2 Å². The highest BCUT2D eigenvalue weighted by Gasteiger charge is 2.21. The molecule has 0 amide bonds. The quantitative estimate of drug-likeness (QED) is 0.581. The lowest BCUT2D eigenvalue weighted by Crippen LogP contribution is -2.12. The molecule has 0 saturated heterocycles. The van der Waals surface area contributed by atoms with Gasteiger partial charge in [0.2, 0.25) is 0 Å². The van der Waals surface area contributed by atoms with Crippen molar-refractivity contribution in [3.05, 3.63) is 47.8 Å². The van der Waals surface area contributed by atoms with Crippen LogP contribution in [0.15, 0.2) is 36.7 Å². The Kier molecular flexibility index (Phi) is 6.29. The lowest BCUT2D eigenvalue weighted by atomic mass is 9.77. The van der Waals surface area contributed by atoms with Crippen LogP contribution in [0.25, 0.3) is 0 Å². The monoisotopic (exact) mass is 274 g/mol. The zero-order chi connectivity index (χ0) is 14.2. The largest absolute Gasteiger partial charge is 0.216 e. The first-order valence-electron chi connectivity index (χ1n) is 8.17. The molecule has 20 heavy (non-hydrogen) atoms. The zero-order valence-corrected chi connectivity index (χ0v) is 12.7. The third kappa shape index (κ3) is 4.47. The molecule has 0 N–H and O–H groups in total. The average Bonchev–Trinajstić information content (AvgIpc) is 2.52. The Labute approximate surface area is 123 Å². The Balaban J connectivity index is 1.84. The van der Waals surface area contributed by atoms with Crippen LogP contribution in [0.3, 0.4) is 0 Å². The van der Waals surface area contributed by atoms with Crippen LogP contribution >= 0.6 is 0 Å². The van der Waals surface area contributed by atoms with Crippen molar-refractivity contribution in [2.24, 2.45) is 5.92 Å². The molecule has 0 atom stereocenters. The van der Waals surface area contributed by atoms with Gasteiger partial charge in [0.15, 0.2) is 0 Å². The summed E-state index contributed by atoms with van der Waals surface area (Å²) in [6.45, 7) is 2.24. The normalized spacial score (nSPS) is 23.3. The number of halogens is 1. The minimum absolute atomic E-state index is 0.696. The molecule has 0 aromatic heterocycles. The Morgan fingerprint density at radius 3 is 2.40 bits per heavy atom. The summed E-state index contributed by atoms with van der Waals surface area (Å²) in [6, 6.07) is 9.28. The average molecular weight is 274 g/mol. The molecule has 2 rings (SSSR count). The third-order valence-electron chi connectivity index (χ3n) is 4.68. The summed E-state index contributed by atoms with van der Waals surface area (Å²) in [6.07, 6.45) is 12.1. The first-order chi connectivity index (χ1) is 9.83. The first kappa shape index (κ1) is 15.3. The fraction of sp³-hybridized carbons (Fsp3) is 0.579. The maximum atomic E-state index is 12.0. The lowest BCUT2D eigenvalue weighted by Gasteiger charge is -2.28. The predicted molar refractivity (Wildman–Crippen MR) is 84.6 cm³/mol. The Morgan fingerprint density at radius 1 is 1.10 bits per heavy atom. The standard InChI is InChI=1S/C19H27F/c1-2-3-5-16-7-11-18(12-8-16)19-13-9-17(10-14-19)6-4-15-20/h4,7-8,11-12,15,17,19H,2-3,5-6,9-10,13-14H2,1H3/t17-,19-. The molecule has 1 fully saturated rings. The Morgan fingerprint density at radius 2 is 1.80 bits per heavy atom. The van der Waals surface area contributed by atoms with Gasteiger partial charge < -0.3 is 0 Å². The van der Waals surface area contributed by atoms with E-state index in [0.717, 1.165) is 12.3 Å². The van der Waals surface area contributed by atoms with Gasteiger partial charge in [-0.3, -0.25) is 0 Å². The first-order valence-corrected chi connectivity index (χ1v) is 8.17. The van der Waals surface area contributed by atoms with E-state index in [9.17, 15) is 4.39 Å². The van der Waals surface area contributed by atoms with Gasteiger partial charge in [0.25, 0.3) is 0 Å². The maximum Gasteiger partial charge on any atom is 0.0827 e. The molecule has 1 aromatic rings. The van der Waals surface area contributed by atoms with E-state index in [1.807, 2.05) is 0 Å². The number of benzene rings is 1. The van der Waals surface area contributed by atoms with Crippen molar-refractivity contribution in [3.8, 4) is 0 Å². The van der Waals surface area contributed by atoms with Gasteiger partial charge in [-0.15, -0.1) is 0 Å². The van der Waals surface area contributed by atoms with Gasteiger partial charge in [0.05, 0.1) is 6.33 Å². The molecule has 1 aliphatic rings. The highest BCUT2D eigenvalue weighted by molar-refractivity contribution is 5.26. The maximum absolute atomic E-state index is 12.0. The van der Waals surface area contributed by atoms with Crippen molar-refractivity contribution < 1.29 is 4.39 Å². The topological polar surface area (TPSA) is 0 Å². The van der Waals surface area contributed by atoms with E-state index in [2.05, 4.69) is 31.2 Å². The van der Waals surface area contributed by atoms with Gasteiger partial charge in [-0.05, 0) is 67.9 Å². The summed E-state index contributed by atoms with van der Waals surface area (Å²) in [7, 11) is 0. The molecule has 0 spiro atoms. The third-order valence-corrected chi connectivity index (χ3v) is 4.68. The van der Waals surface area contributed by atoms with Crippen LogP contribution in [-0.4, -0.2) is 0 Å². The van der Waals surface area contributed by atoms with Crippen LogP contribution in [-0.2, 0) is 6.42 Å².